The number of hydrogen-bond donors (Lipinski definition) is 2. The van der Waals surface area contributed by atoms with Gasteiger partial charge in [0.2, 0.25) is 5.91 Å². The van der Waals surface area contributed by atoms with Gasteiger partial charge in [0, 0.05) is 13.7 Å². The number of anilines is 1. The van der Waals surface area contributed by atoms with E-state index in [0.29, 0.717) is 18.0 Å². The van der Waals surface area contributed by atoms with Crippen LogP contribution in [0.25, 0.3) is 0 Å². The molecule has 2 unspecified atom stereocenters. The van der Waals surface area contributed by atoms with Crippen LogP contribution in [0, 0.1) is 6.92 Å². The van der Waals surface area contributed by atoms with Gasteiger partial charge in [-0.25, -0.2) is 0 Å². The van der Waals surface area contributed by atoms with Gasteiger partial charge in [-0.3, -0.25) is 4.79 Å². The van der Waals surface area contributed by atoms with Crippen molar-refractivity contribution in [3.05, 3.63) is 23.8 Å². The zero-order valence-corrected chi connectivity index (χ0v) is 13.1. The molecule has 0 aromatic heterocycles. The molecule has 122 valence electrons. The van der Waals surface area contributed by atoms with Crippen LogP contribution in [-0.4, -0.2) is 45.0 Å². The third-order valence-electron chi connectivity index (χ3n) is 3.53. The lowest BCUT2D eigenvalue weighted by Crippen LogP contribution is -2.39. The summed E-state index contributed by atoms with van der Waals surface area (Å²) in [7, 11) is 1.51. The Labute approximate surface area is 130 Å². The molecule has 3 N–H and O–H groups in total. The summed E-state index contributed by atoms with van der Waals surface area (Å²) >= 11 is 0. The Morgan fingerprint density at radius 3 is 3.05 bits per heavy atom. The van der Waals surface area contributed by atoms with E-state index in [1.807, 2.05) is 25.1 Å². The Morgan fingerprint density at radius 1 is 1.55 bits per heavy atom. The summed E-state index contributed by atoms with van der Waals surface area (Å²) in [5.74, 6) is 0.334. The zero-order valence-electron chi connectivity index (χ0n) is 13.1. The number of benzene rings is 1. The van der Waals surface area contributed by atoms with Gasteiger partial charge in [-0.05, 0) is 37.5 Å². The van der Waals surface area contributed by atoms with Gasteiger partial charge in [0.25, 0.3) is 0 Å². The number of rotatable bonds is 7. The van der Waals surface area contributed by atoms with E-state index in [2.05, 4.69) is 5.32 Å². The van der Waals surface area contributed by atoms with Gasteiger partial charge >= 0.3 is 0 Å². The average molecular weight is 308 g/mol. The third kappa shape index (κ3) is 4.69. The number of nitrogens with two attached hydrogens (primary N) is 1. The summed E-state index contributed by atoms with van der Waals surface area (Å²) in [6.07, 6.45) is 2.20. The van der Waals surface area contributed by atoms with Gasteiger partial charge in [-0.2, -0.15) is 0 Å². The van der Waals surface area contributed by atoms with E-state index in [9.17, 15) is 4.79 Å². The molecule has 0 spiro atoms. The first-order valence-corrected chi connectivity index (χ1v) is 7.50. The molecule has 1 aliphatic rings. The van der Waals surface area contributed by atoms with Gasteiger partial charge in [0.15, 0.2) is 0 Å². The van der Waals surface area contributed by atoms with Crippen molar-refractivity contribution in [1.29, 1.82) is 0 Å². The highest BCUT2D eigenvalue weighted by molar-refractivity contribution is 5.96. The highest BCUT2D eigenvalue weighted by Gasteiger charge is 2.18. The molecular weight excluding hydrogens is 284 g/mol. The number of aryl methyl sites for hydroxylation is 1. The highest BCUT2D eigenvalue weighted by atomic mass is 16.5. The fourth-order valence-electron chi connectivity index (χ4n) is 2.29. The minimum absolute atomic E-state index is 0.125. The van der Waals surface area contributed by atoms with Gasteiger partial charge < -0.3 is 25.3 Å². The number of hydrogen-bond acceptors (Lipinski definition) is 5. The Balaban J connectivity index is 2.01. The lowest BCUT2D eigenvalue weighted by atomic mass is 10.2. The summed E-state index contributed by atoms with van der Waals surface area (Å²) in [5.41, 5.74) is 7.40. The van der Waals surface area contributed by atoms with E-state index in [0.717, 1.165) is 25.0 Å². The molecule has 0 radical (unpaired) electrons. The van der Waals surface area contributed by atoms with E-state index < -0.39 is 6.04 Å². The van der Waals surface area contributed by atoms with Crippen molar-refractivity contribution >= 4 is 11.6 Å². The van der Waals surface area contributed by atoms with E-state index in [4.69, 9.17) is 19.9 Å². The largest absolute Gasteiger partial charge is 0.489 e. The first kappa shape index (κ1) is 16.7. The zero-order chi connectivity index (χ0) is 15.9. The van der Waals surface area contributed by atoms with Gasteiger partial charge in [-0.1, -0.05) is 6.07 Å². The van der Waals surface area contributed by atoms with Crippen LogP contribution in [0.1, 0.15) is 18.4 Å². The van der Waals surface area contributed by atoms with Crippen LogP contribution in [0.5, 0.6) is 5.75 Å². The molecular formula is C16H24N2O4. The second-order valence-electron chi connectivity index (χ2n) is 5.50. The second kappa shape index (κ2) is 8.12. The second-order valence-corrected chi connectivity index (χ2v) is 5.50. The summed E-state index contributed by atoms with van der Waals surface area (Å²) < 4.78 is 16.3. The van der Waals surface area contributed by atoms with Crippen molar-refractivity contribution in [3.8, 4) is 5.75 Å². The molecule has 0 aliphatic carbocycles. The van der Waals surface area contributed by atoms with Crippen LogP contribution >= 0.6 is 0 Å². The lowest BCUT2D eigenvalue weighted by Gasteiger charge is -2.17. The molecule has 1 heterocycles. The standard InChI is InChI=1S/C16H24N2O4/c1-11-5-6-14(18-16(19)13(17)10-20-2)15(8-11)22-9-12-4-3-7-21-12/h5-6,8,12-13H,3-4,7,9-10,17H2,1-2H3,(H,18,19). The number of amides is 1. The van der Waals surface area contributed by atoms with Crippen LogP contribution in [0.3, 0.4) is 0 Å². The summed E-state index contributed by atoms with van der Waals surface area (Å²) in [4.78, 5) is 12.0. The van der Waals surface area contributed by atoms with Crippen LogP contribution in [0.15, 0.2) is 18.2 Å². The van der Waals surface area contributed by atoms with Gasteiger partial charge in [-0.15, -0.1) is 0 Å². The first-order valence-electron chi connectivity index (χ1n) is 7.50. The maximum absolute atomic E-state index is 12.0. The molecule has 1 saturated heterocycles. The summed E-state index contributed by atoms with van der Waals surface area (Å²) in [6, 6.07) is 4.91. The molecule has 2 atom stereocenters. The number of ether oxygens (including phenoxy) is 3. The maximum Gasteiger partial charge on any atom is 0.243 e. The summed E-state index contributed by atoms with van der Waals surface area (Å²) in [5, 5.41) is 2.79. The van der Waals surface area contributed by atoms with Crippen LogP contribution in [0.2, 0.25) is 0 Å². The molecule has 6 heteroatoms. The van der Waals surface area contributed by atoms with Crippen LogP contribution < -0.4 is 15.8 Å². The van der Waals surface area contributed by atoms with E-state index in [1.54, 1.807) is 0 Å². The maximum atomic E-state index is 12.0. The van der Waals surface area contributed by atoms with Crippen molar-refractivity contribution in [2.45, 2.75) is 31.9 Å². The summed E-state index contributed by atoms with van der Waals surface area (Å²) in [6.45, 7) is 3.42. The lowest BCUT2D eigenvalue weighted by molar-refractivity contribution is -0.118. The quantitative estimate of drug-likeness (QED) is 0.797. The van der Waals surface area contributed by atoms with E-state index in [-0.39, 0.29) is 18.6 Å². The van der Waals surface area contributed by atoms with Crippen molar-refractivity contribution in [3.63, 3.8) is 0 Å². The van der Waals surface area contributed by atoms with Crippen molar-refractivity contribution in [1.82, 2.24) is 0 Å². The molecule has 2 rings (SSSR count). The monoisotopic (exact) mass is 308 g/mol. The molecule has 1 aliphatic heterocycles. The molecule has 6 nitrogen and oxygen atoms in total. The predicted octanol–water partition coefficient (Wildman–Crippen LogP) is 1.47. The Kier molecular flexibility index (Phi) is 6.18. The Bertz CT molecular complexity index is 501. The van der Waals surface area contributed by atoms with Crippen molar-refractivity contribution in [2.75, 3.05) is 32.2 Å². The molecule has 22 heavy (non-hydrogen) atoms. The first-order chi connectivity index (χ1) is 10.6. The third-order valence-corrected chi connectivity index (χ3v) is 3.53. The molecule has 1 aromatic rings. The number of methoxy groups -OCH3 is 1. The van der Waals surface area contributed by atoms with Crippen LogP contribution in [-0.2, 0) is 14.3 Å². The molecule has 0 bridgehead atoms. The Hall–Kier alpha value is -1.63. The minimum atomic E-state index is -0.711. The van der Waals surface area contributed by atoms with E-state index >= 15 is 0 Å². The van der Waals surface area contributed by atoms with Gasteiger partial charge in [0.1, 0.15) is 18.4 Å². The smallest absolute Gasteiger partial charge is 0.243 e. The fraction of sp³-hybridized carbons (Fsp3) is 0.562. The molecule has 1 amide bonds. The number of carbonyl (C=O) groups excluding carboxylic acids is 1. The minimum Gasteiger partial charge on any atom is -0.489 e. The van der Waals surface area contributed by atoms with E-state index in [1.165, 1.54) is 7.11 Å². The highest BCUT2D eigenvalue weighted by Crippen LogP contribution is 2.27. The topological polar surface area (TPSA) is 82.8 Å². The van der Waals surface area contributed by atoms with Crippen LogP contribution in [0.4, 0.5) is 5.69 Å². The fourth-order valence-corrected chi connectivity index (χ4v) is 2.29. The van der Waals surface area contributed by atoms with Crippen molar-refractivity contribution < 1.29 is 19.0 Å². The SMILES string of the molecule is COCC(N)C(=O)Nc1ccc(C)cc1OCC1CCCO1. The predicted molar refractivity (Wildman–Crippen MR) is 84.1 cm³/mol. The normalized spacial score (nSPS) is 19.0. The van der Waals surface area contributed by atoms with Crippen molar-refractivity contribution in [2.24, 2.45) is 5.73 Å². The molecule has 1 fully saturated rings. The number of nitrogens with one attached hydrogen (secondary N) is 1. The molecule has 1 aromatic carbocycles. The average Bonchev–Trinajstić information content (AvgIpc) is 3.01. The molecule has 0 saturated carbocycles. The van der Waals surface area contributed by atoms with Gasteiger partial charge in [0.05, 0.1) is 18.4 Å². The number of carbonyl (C=O) groups is 1. The Morgan fingerprint density at radius 2 is 2.36 bits per heavy atom.